The molecule has 2 aromatic carbocycles. The predicted octanol–water partition coefficient (Wildman–Crippen LogP) is 3.14. The number of nitrogens with zero attached hydrogens (tertiary/aromatic N) is 1. The molecule has 2 aromatic rings. The monoisotopic (exact) mass is 581 g/mol. The molecule has 0 aromatic heterocycles. The summed E-state index contributed by atoms with van der Waals surface area (Å²) in [6.45, 7) is 7.23. The predicted molar refractivity (Wildman–Crippen MR) is 162 cm³/mol. The van der Waals surface area contributed by atoms with E-state index in [2.05, 4.69) is 35.8 Å². The van der Waals surface area contributed by atoms with E-state index >= 15 is 0 Å². The summed E-state index contributed by atoms with van der Waals surface area (Å²) in [4.78, 5) is 17.7. The molecule has 6 rings (SSSR count). The van der Waals surface area contributed by atoms with Crippen LogP contribution in [0, 0.1) is 17.3 Å². The number of aliphatic imine (C=N–C) groups is 1. The SMILES string of the molecule is CC1(C)C2CC1[C@]1(C)OB([C@H](CCCN=C(N)N)NC(=O)c3cccc(-c4cccc(NS(C)(=O)=O)c4)c3)O[C@@H]1C2. The summed E-state index contributed by atoms with van der Waals surface area (Å²) in [7, 11) is -3.99. The second-order valence-electron chi connectivity index (χ2n) is 12.4. The van der Waals surface area contributed by atoms with Gasteiger partial charge in [-0.3, -0.25) is 14.5 Å². The van der Waals surface area contributed by atoms with E-state index < -0.39 is 28.7 Å². The highest BCUT2D eigenvalue weighted by Gasteiger charge is 2.68. The van der Waals surface area contributed by atoms with Crippen molar-refractivity contribution in [3.05, 3.63) is 54.1 Å². The van der Waals surface area contributed by atoms with Gasteiger partial charge in [0.05, 0.1) is 23.9 Å². The third-order valence-electron chi connectivity index (χ3n) is 9.21. The van der Waals surface area contributed by atoms with Gasteiger partial charge in [-0.25, -0.2) is 8.42 Å². The molecule has 3 saturated carbocycles. The van der Waals surface area contributed by atoms with E-state index in [9.17, 15) is 13.2 Å². The molecular formula is C29H40BN5O5S. The molecule has 6 N–H and O–H groups in total. The average Bonchev–Trinajstić information content (AvgIpc) is 3.26. The van der Waals surface area contributed by atoms with Crippen molar-refractivity contribution < 1.29 is 22.5 Å². The molecule has 41 heavy (non-hydrogen) atoms. The maximum atomic E-state index is 13.6. The minimum Gasteiger partial charge on any atom is -0.404 e. The lowest BCUT2D eigenvalue weighted by molar-refractivity contribution is -0.199. The summed E-state index contributed by atoms with van der Waals surface area (Å²) in [5.41, 5.74) is 13.3. The van der Waals surface area contributed by atoms with Gasteiger partial charge in [0.15, 0.2) is 5.96 Å². The van der Waals surface area contributed by atoms with Gasteiger partial charge in [0, 0.05) is 17.8 Å². The van der Waals surface area contributed by atoms with Crippen LogP contribution in [0.15, 0.2) is 53.5 Å². The highest BCUT2D eigenvalue weighted by molar-refractivity contribution is 7.92. The summed E-state index contributed by atoms with van der Waals surface area (Å²) in [6, 6.07) is 14.3. The highest BCUT2D eigenvalue weighted by Crippen LogP contribution is 2.65. The van der Waals surface area contributed by atoms with E-state index in [4.69, 9.17) is 20.8 Å². The van der Waals surface area contributed by atoms with Gasteiger partial charge >= 0.3 is 7.12 Å². The lowest BCUT2D eigenvalue weighted by atomic mass is 9.43. The molecule has 12 heteroatoms. The molecule has 220 valence electrons. The first-order valence-corrected chi connectivity index (χ1v) is 16.0. The van der Waals surface area contributed by atoms with Gasteiger partial charge in [-0.1, -0.05) is 38.1 Å². The van der Waals surface area contributed by atoms with Crippen LogP contribution in [0.5, 0.6) is 0 Å². The van der Waals surface area contributed by atoms with Crippen LogP contribution in [-0.4, -0.2) is 57.8 Å². The zero-order valence-corrected chi connectivity index (χ0v) is 24.9. The number of carbonyl (C=O) groups excluding carboxylic acids is 1. The molecule has 4 fully saturated rings. The van der Waals surface area contributed by atoms with Gasteiger partial charge in [-0.15, -0.1) is 0 Å². The second-order valence-corrected chi connectivity index (χ2v) is 14.2. The number of sulfonamides is 1. The van der Waals surface area contributed by atoms with Crippen LogP contribution in [0.4, 0.5) is 5.69 Å². The maximum absolute atomic E-state index is 13.6. The molecule has 0 radical (unpaired) electrons. The third kappa shape index (κ3) is 6.10. The Morgan fingerprint density at radius 3 is 2.51 bits per heavy atom. The van der Waals surface area contributed by atoms with Gasteiger partial charge in [-0.2, -0.15) is 0 Å². The van der Waals surface area contributed by atoms with Gasteiger partial charge in [-0.05, 0) is 85.3 Å². The maximum Gasteiger partial charge on any atom is 0.481 e. The summed E-state index contributed by atoms with van der Waals surface area (Å²) in [6.07, 6.45) is 4.43. The molecule has 4 aliphatic rings. The molecule has 5 atom stereocenters. The van der Waals surface area contributed by atoms with E-state index in [0.717, 1.165) is 30.2 Å². The highest BCUT2D eigenvalue weighted by atomic mass is 32.2. The molecule has 2 bridgehead atoms. The van der Waals surface area contributed by atoms with Crippen molar-refractivity contribution in [2.75, 3.05) is 17.5 Å². The number of hydrogen-bond donors (Lipinski definition) is 4. The van der Waals surface area contributed by atoms with Crippen LogP contribution >= 0.6 is 0 Å². The number of anilines is 1. The minimum atomic E-state index is -3.41. The number of carbonyl (C=O) groups is 1. The Balaban J connectivity index is 1.34. The van der Waals surface area contributed by atoms with E-state index in [-0.39, 0.29) is 23.4 Å². The molecule has 1 saturated heterocycles. The number of guanidine groups is 1. The number of nitrogens with two attached hydrogens (primary N) is 2. The Hall–Kier alpha value is -3.09. The molecule has 1 heterocycles. The Morgan fingerprint density at radius 1 is 1.12 bits per heavy atom. The number of rotatable bonds is 10. The van der Waals surface area contributed by atoms with Crippen LogP contribution in [0.3, 0.4) is 0 Å². The Labute approximate surface area is 242 Å². The zero-order valence-electron chi connectivity index (χ0n) is 24.1. The fourth-order valence-corrected chi connectivity index (χ4v) is 7.49. The minimum absolute atomic E-state index is 0.00228. The Bertz CT molecular complexity index is 1450. The van der Waals surface area contributed by atoms with Gasteiger partial charge in [0.2, 0.25) is 10.0 Å². The van der Waals surface area contributed by atoms with Crippen molar-refractivity contribution in [1.82, 2.24) is 5.32 Å². The van der Waals surface area contributed by atoms with E-state index in [0.29, 0.717) is 42.5 Å². The third-order valence-corrected chi connectivity index (χ3v) is 9.81. The topological polar surface area (TPSA) is 158 Å². The first kappa shape index (κ1) is 29.4. The van der Waals surface area contributed by atoms with Crippen molar-refractivity contribution >= 4 is 34.7 Å². The van der Waals surface area contributed by atoms with Crippen LogP contribution in [0.25, 0.3) is 11.1 Å². The quantitative estimate of drug-likeness (QED) is 0.145. The van der Waals surface area contributed by atoms with Crippen LogP contribution in [0.1, 0.15) is 56.8 Å². The van der Waals surface area contributed by atoms with Gasteiger partial charge in [0.1, 0.15) is 0 Å². The van der Waals surface area contributed by atoms with Crippen molar-refractivity contribution in [3.63, 3.8) is 0 Å². The first-order valence-electron chi connectivity index (χ1n) is 14.1. The summed E-state index contributed by atoms with van der Waals surface area (Å²) in [5, 5.41) is 3.17. The normalized spacial score (nSPS) is 26.8. The Morgan fingerprint density at radius 2 is 1.83 bits per heavy atom. The molecule has 1 amide bonds. The molecule has 2 unspecified atom stereocenters. The number of benzene rings is 2. The fraction of sp³-hybridized carbons (Fsp3) is 0.517. The smallest absolute Gasteiger partial charge is 0.404 e. The van der Waals surface area contributed by atoms with Gasteiger partial charge in [0.25, 0.3) is 5.91 Å². The fourth-order valence-electron chi connectivity index (χ4n) is 6.93. The van der Waals surface area contributed by atoms with Crippen molar-refractivity contribution in [2.24, 2.45) is 33.7 Å². The van der Waals surface area contributed by atoms with Crippen molar-refractivity contribution in [2.45, 2.75) is 64.1 Å². The Kier molecular flexibility index (Phi) is 7.86. The molecule has 1 aliphatic heterocycles. The van der Waals surface area contributed by atoms with E-state index in [1.807, 2.05) is 18.2 Å². The molecular weight excluding hydrogens is 541 g/mol. The summed E-state index contributed by atoms with van der Waals surface area (Å²) in [5.74, 6) is 0.418. The largest absolute Gasteiger partial charge is 0.481 e. The lowest BCUT2D eigenvalue weighted by Gasteiger charge is -2.64. The zero-order chi connectivity index (χ0) is 29.6. The summed E-state index contributed by atoms with van der Waals surface area (Å²) < 4.78 is 39.0. The molecule has 10 nitrogen and oxygen atoms in total. The van der Waals surface area contributed by atoms with Crippen molar-refractivity contribution in [1.29, 1.82) is 0 Å². The van der Waals surface area contributed by atoms with Crippen molar-refractivity contribution in [3.8, 4) is 11.1 Å². The number of nitrogens with one attached hydrogen (secondary N) is 2. The average molecular weight is 582 g/mol. The first-order chi connectivity index (χ1) is 19.3. The van der Waals surface area contributed by atoms with E-state index in [1.54, 1.807) is 30.3 Å². The van der Waals surface area contributed by atoms with Crippen LogP contribution in [-0.2, 0) is 19.3 Å². The number of hydrogen-bond acceptors (Lipinski definition) is 6. The lowest BCUT2D eigenvalue weighted by Crippen LogP contribution is -2.65. The second kappa shape index (κ2) is 11.0. The van der Waals surface area contributed by atoms with Crippen LogP contribution < -0.4 is 21.5 Å². The number of amides is 1. The molecule has 0 spiro atoms. The van der Waals surface area contributed by atoms with Gasteiger partial charge < -0.3 is 26.1 Å². The standard InChI is InChI=1S/C29H40BN5O5S/c1-28(2)21-16-23(28)29(3)24(17-21)39-30(40-29)25(12-7-13-33-27(31)32)34-26(36)20-10-5-8-18(14-20)19-9-6-11-22(15-19)35-41(4,37)38/h5-6,8-11,14-15,21,23-25,35H,7,12-13,16-17H2,1-4H3,(H,34,36)(H4,31,32,33)/t21?,23?,24-,25+,29+/m1/s1. The van der Waals surface area contributed by atoms with E-state index in [1.165, 1.54) is 0 Å². The van der Waals surface area contributed by atoms with Crippen LogP contribution in [0.2, 0.25) is 0 Å². The summed E-state index contributed by atoms with van der Waals surface area (Å²) >= 11 is 0. The molecule has 3 aliphatic carbocycles.